The highest BCUT2D eigenvalue weighted by Crippen LogP contribution is 2.19. The van der Waals surface area contributed by atoms with Crippen LogP contribution in [0.15, 0.2) is 59.8 Å². The molecule has 0 unspecified atom stereocenters. The Morgan fingerprint density at radius 1 is 1.04 bits per heavy atom. The number of halogens is 2. The predicted octanol–water partition coefficient (Wildman–Crippen LogP) is 2.97. The van der Waals surface area contributed by atoms with Crippen molar-refractivity contribution in [2.24, 2.45) is 0 Å². The van der Waals surface area contributed by atoms with Crippen LogP contribution in [-0.2, 0) is 0 Å². The van der Waals surface area contributed by atoms with Crippen molar-refractivity contribution in [1.82, 2.24) is 9.97 Å². The second-order valence-corrected chi connectivity index (χ2v) is 4.95. The first-order valence-electron chi connectivity index (χ1n) is 6.94. The molecule has 0 aliphatic carbocycles. The quantitative estimate of drug-likeness (QED) is 0.776. The third kappa shape index (κ3) is 3.19. The Labute approximate surface area is 135 Å². The Morgan fingerprint density at radius 3 is 2.54 bits per heavy atom. The van der Waals surface area contributed by atoms with E-state index in [4.69, 9.17) is 0 Å². The summed E-state index contributed by atoms with van der Waals surface area (Å²) in [5.74, 6) is -2.54. The van der Waals surface area contributed by atoms with E-state index in [9.17, 15) is 18.4 Å². The van der Waals surface area contributed by atoms with Crippen molar-refractivity contribution in [2.45, 2.75) is 0 Å². The molecule has 0 saturated heterocycles. The van der Waals surface area contributed by atoms with Crippen LogP contribution >= 0.6 is 0 Å². The van der Waals surface area contributed by atoms with E-state index in [-0.39, 0.29) is 5.69 Å². The Morgan fingerprint density at radius 2 is 1.79 bits per heavy atom. The van der Waals surface area contributed by atoms with Gasteiger partial charge in [0, 0.05) is 24.2 Å². The zero-order chi connectivity index (χ0) is 17.1. The zero-order valence-corrected chi connectivity index (χ0v) is 12.2. The predicted molar refractivity (Wildman–Crippen MR) is 84.6 cm³/mol. The van der Waals surface area contributed by atoms with Crippen LogP contribution in [0.5, 0.6) is 0 Å². The maximum atomic E-state index is 13.6. The van der Waals surface area contributed by atoms with Crippen LogP contribution in [-0.4, -0.2) is 15.9 Å². The lowest BCUT2D eigenvalue weighted by Gasteiger charge is -2.08. The highest BCUT2D eigenvalue weighted by Gasteiger charge is 2.15. The second kappa shape index (κ2) is 6.41. The van der Waals surface area contributed by atoms with Gasteiger partial charge in [-0.15, -0.1) is 0 Å². The van der Waals surface area contributed by atoms with Gasteiger partial charge in [-0.05, 0) is 42.0 Å². The van der Waals surface area contributed by atoms with Gasteiger partial charge in [0.25, 0.3) is 11.5 Å². The highest BCUT2D eigenvalue weighted by molar-refractivity contribution is 6.04. The normalized spacial score (nSPS) is 10.4. The molecule has 7 heteroatoms. The number of carbonyl (C=O) groups excluding carboxylic acids is 1. The summed E-state index contributed by atoms with van der Waals surface area (Å²) in [5, 5.41) is 2.30. The molecule has 0 saturated carbocycles. The average molecular weight is 327 g/mol. The van der Waals surface area contributed by atoms with Crippen molar-refractivity contribution in [3.05, 3.63) is 82.5 Å². The van der Waals surface area contributed by atoms with Crippen molar-refractivity contribution in [2.75, 3.05) is 5.32 Å². The van der Waals surface area contributed by atoms with Gasteiger partial charge < -0.3 is 10.3 Å². The second-order valence-electron chi connectivity index (χ2n) is 4.95. The van der Waals surface area contributed by atoms with E-state index < -0.39 is 28.7 Å². The monoisotopic (exact) mass is 327 g/mol. The number of hydrogen-bond acceptors (Lipinski definition) is 3. The third-order valence-corrected chi connectivity index (χ3v) is 3.34. The fraction of sp³-hybridized carbons (Fsp3) is 0. The van der Waals surface area contributed by atoms with E-state index in [1.54, 1.807) is 24.5 Å². The Hall–Kier alpha value is -3.35. The summed E-state index contributed by atoms with van der Waals surface area (Å²) in [5.41, 5.74) is 0.292. The molecule has 2 N–H and O–H groups in total. The van der Waals surface area contributed by atoms with Crippen LogP contribution in [0, 0.1) is 11.6 Å². The minimum Gasteiger partial charge on any atom is -0.327 e. The molecule has 3 aromatic rings. The maximum absolute atomic E-state index is 13.6. The lowest BCUT2D eigenvalue weighted by molar-refractivity contribution is 0.102. The van der Waals surface area contributed by atoms with Crippen molar-refractivity contribution in [1.29, 1.82) is 0 Å². The number of nitrogens with one attached hydrogen (secondary N) is 2. The number of carbonyl (C=O) groups is 1. The number of pyridine rings is 2. The van der Waals surface area contributed by atoms with E-state index in [2.05, 4.69) is 15.3 Å². The first kappa shape index (κ1) is 15.5. The summed E-state index contributed by atoms with van der Waals surface area (Å²) in [4.78, 5) is 30.4. The van der Waals surface area contributed by atoms with Crippen LogP contribution in [0.25, 0.3) is 11.1 Å². The molecule has 120 valence electrons. The Balaban J connectivity index is 1.94. The minimum atomic E-state index is -0.913. The molecule has 0 fully saturated rings. The number of benzene rings is 1. The first-order valence-corrected chi connectivity index (χ1v) is 6.94. The summed E-state index contributed by atoms with van der Waals surface area (Å²) in [6, 6.07) is 7.43. The van der Waals surface area contributed by atoms with E-state index in [0.29, 0.717) is 5.56 Å². The van der Waals surface area contributed by atoms with Gasteiger partial charge in [0.2, 0.25) is 0 Å². The molecule has 0 aliphatic heterocycles. The number of anilines is 1. The fourth-order valence-electron chi connectivity index (χ4n) is 2.15. The number of amides is 1. The molecule has 3 rings (SSSR count). The molecule has 1 amide bonds. The topological polar surface area (TPSA) is 74.8 Å². The van der Waals surface area contributed by atoms with E-state index >= 15 is 0 Å². The Bertz CT molecular complexity index is 956. The SMILES string of the molecule is O=C(Nc1cc(-c2ccncc2)c[nH]c1=O)c1cc(F)ccc1F. The fourth-order valence-corrected chi connectivity index (χ4v) is 2.15. The molecule has 0 bridgehead atoms. The van der Waals surface area contributed by atoms with E-state index in [1.165, 1.54) is 12.3 Å². The van der Waals surface area contributed by atoms with Gasteiger partial charge in [-0.1, -0.05) is 0 Å². The average Bonchev–Trinajstić information content (AvgIpc) is 2.59. The van der Waals surface area contributed by atoms with Gasteiger partial charge in [0.15, 0.2) is 0 Å². The summed E-state index contributed by atoms with van der Waals surface area (Å²) in [6.07, 6.45) is 4.65. The van der Waals surface area contributed by atoms with Gasteiger partial charge >= 0.3 is 0 Å². The number of rotatable bonds is 3. The Kier molecular flexibility index (Phi) is 4.15. The summed E-state index contributed by atoms with van der Waals surface area (Å²) >= 11 is 0. The van der Waals surface area contributed by atoms with Crippen LogP contribution in [0.1, 0.15) is 10.4 Å². The molecule has 0 radical (unpaired) electrons. The number of aromatic nitrogens is 2. The van der Waals surface area contributed by atoms with Gasteiger partial charge in [0.1, 0.15) is 17.3 Å². The molecule has 0 atom stereocenters. The highest BCUT2D eigenvalue weighted by atomic mass is 19.1. The molecule has 5 nitrogen and oxygen atoms in total. The molecule has 24 heavy (non-hydrogen) atoms. The third-order valence-electron chi connectivity index (χ3n) is 3.34. The number of nitrogens with zero attached hydrogens (tertiary/aromatic N) is 1. The standard InChI is InChI=1S/C17H11F2N3O2/c18-12-1-2-14(19)13(8-12)16(23)22-15-7-11(9-21-17(15)24)10-3-5-20-6-4-10/h1-9H,(H,21,24)(H,22,23). The molecule has 2 aromatic heterocycles. The summed E-state index contributed by atoms with van der Waals surface area (Å²) in [7, 11) is 0. The largest absolute Gasteiger partial charge is 0.327 e. The van der Waals surface area contributed by atoms with E-state index in [0.717, 1.165) is 23.8 Å². The van der Waals surface area contributed by atoms with Crippen LogP contribution in [0.4, 0.5) is 14.5 Å². The molecule has 0 aliphatic rings. The molecule has 1 aromatic carbocycles. The number of H-pyrrole nitrogens is 1. The van der Waals surface area contributed by atoms with Crippen LogP contribution in [0.2, 0.25) is 0 Å². The van der Waals surface area contributed by atoms with E-state index in [1.807, 2.05) is 0 Å². The van der Waals surface area contributed by atoms with Crippen LogP contribution < -0.4 is 10.9 Å². The smallest absolute Gasteiger partial charge is 0.271 e. The summed E-state index contributed by atoms with van der Waals surface area (Å²) < 4.78 is 26.8. The maximum Gasteiger partial charge on any atom is 0.271 e. The zero-order valence-electron chi connectivity index (χ0n) is 12.2. The molecular formula is C17H11F2N3O2. The van der Waals surface area contributed by atoms with Gasteiger partial charge in [-0.3, -0.25) is 14.6 Å². The van der Waals surface area contributed by atoms with Crippen molar-refractivity contribution in [3.8, 4) is 11.1 Å². The minimum absolute atomic E-state index is 0.0713. The molecule has 2 heterocycles. The number of aromatic amines is 1. The van der Waals surface area contributed by atoms with Gasteiger partial charge in [0.05, 0.1) is 5.56 Å². The van der Waals surface area contributed by atoms with Crippen molar-refractivity contribution < 1.29 is 13.6 Å². The number of hydrogen-bond donors (Lipinski definition) is 2. The molecule has 0 spiro atoms. The van der Waals surface area contributed by atoms with Crippen molar-refractivity contribution in [3.63, 3.8) is 0 Å². The molecular weight excluding hydrogens is 316 g/mol. The van der Waals surface area contributed by atoms with Crippen LogP contribution in [0.3, 0.4) is 0 Å². The van der Waals surface area contributed by atoms with Gasteiger partial charge in [-0.2, -0.15) is 0 Å². The lowest BCUT2D eigenvalue weighted by Crippen LogP contribution is -2.20. The summed E-state index contributed by atoms with van der Waals surface area (Å²) in [6.45, 7) is 0. The first-order chi connectivity index (χ1) is 11.5. The lowest BCUT2D eigenvalue weighted by atomic mass is 10.1. The van der Waals surface area contributed by atoms with Crippen molar-refractivity contribution >= 4 is 11.6 Å². The van der Waals surface area contributed by atoms with Gasteiger partial charge in [-0.25, -0.2) is 8.78 Å².